The molecule has 0 aliphatic heterocycles. The zero-order valence-corrected chi connectivity index (χ0v) is 7.29. The van der Waals surface area contributed by atoms with Gasteiger partial charge in [-0.25, -0.2) is 0 Å². The first kappa shape index (κ1) is 13.4. The van der Waals surface area contributed by atoms with E-state index in [9.17, 15) is 9.90 Å². The highest BCUT2D eigenvalue weighted by atomic mass is 16.4. The van der Waals surface area contributed by atoms with Crippen LogP contribution in [0, 0.1) is 0 Å². The van der Waals surface area contributed by atoms with Gasteiger partial charge in [-0.15, -0.1) is 0 Å². The van der Waals surface area contributed by atoms with Crippen molar-refractivity contribution in [1.29, 1.82) is 0 Å². The molecule has 0 spiro atoms. The summed E-state index contributed by atoms with van der Waals surface area (Å²) in [5.74, 6) is -1.23. The molecular formula is C10H15NO4. The third-order valence-corrected chi connectivity index (χ3v) is 1.86. The number of hydrogen-bond acceptors (Lipinski definition) is 4. The van der Waals surface area contributed by atoms with E-state index in [1.54, 1.807) is 0 Å². The minimum atomic E-state index is -1.36. The molecule has 0 amide bonds. The van der Waals surface area contributed by atoms with Crippen molar-refractivity contribution in [3.8, 4) is 5.75 Å². The highest BCUT2D eigenvalue weighted by Gasteiger charge is 2.23. The Kier molecular flexibility index (Phi) is 4.77. The minimum Gasteiger partial charge on any atom is -0.508 e. The molecule has 1 rings (SSSR count). The van der Waals surface area contributed by atoms with Gasteiger partial charge in [0, 0.05) is 0 Å². The summed E-state index contributed by atoms with van der Waals surface area (Å²) in [6.07, 6.45) is -1.27. The normalized spacial score (nSPS) is 13.7. The number of aliphatic hydroxyl groups excluding tert-OH is 1. The molecule has 5 heteroatoms. The van der Waals surface area contributed by atoms with Gasteiger partial charge >= 0.3 is 5.97 Å². The molecule has 0 saturated heterocycles. The number of phenols is 1. The van der Waals surface area contributed by atoms with E-state index >= 15 is 0 Å². The maximum atomic E-state index is 10.4. The van der Waals surface area contributed by atoms with E-state index in [1.165, 1.54) is 24.3 Å². The number of aliphatic hydroxyl groups is 1. The summed E-state index contributed by atoms with van der Waals surface area (Å²) in [6, 6.07) is 4.19. The predicted octanol–water partition coefficient (Wildman–Crippen LogP) is 0.474. The smallest absolute Gasteiger partial charge is 0.323 e. The van der Waals surface area contributed by atoms with Gasteiger partial charge in [0.05, 0.1) is 0 Å². The summed E-state index contributed by atoms with van der Waals surface area (Å²) in [7, 11) is 0. The molecule has 2 atom stereocenters. The fourth-order valence-corrected chi connectivity index (χ4v) is 1.01. The van der Waals surface area contributed by atoms with Crippen LogP contribution in [-0.4, -0.2) is 27.3 Å². The third kappa shape index (κ3) is 3.23. The Labute approximate surface area is 87.8 Å². The number of rotatable bonds is 3. The zero-order chi connectivity index (χ0) is 10.7. The second kappa shape index (κ2) is 5.33. The van der Waals surface area contributed by atoms with E-state index in [4.69, 9.17) is 15.9 Å². The maximum absolute atomic E-state index is 10.4. The Morgan fingerprint density at radius 1 is 1.27 bits per heavy atom. The molecule has 0 fully saturated rings. The summed E-state index contributed by atoms with van der Waals surface area (Å²) in [4.78, 5) is 10.4. The van der Waals surface area contributed by atoms with Gasteiger partial charge in [0.2, 0.25) is 0 Å². The quantitative estimate of drug-likeness (QED) is 0.584. The minimum absolute atomic E-state index is 0. The van der Waals surface area contributed by atoms with Gasteiger partial charge < -0.3 is 21.1 Å². The van der Waals surface area contributed by atoms with E-state index in [-0.39, 0.29) is 13.2 Å². The van der Waals surface area contributed by atoms with Crippen molar-refractivity contribution in [2.24, 2.45) is 5.73 Å². The van der Waals surface area contributed by atoms with Gasteiger partial charge in [0.25, 0.3) is 0 Å². The molecule has 1 aromatic carbocycles. The first-order valence-electron chi connectivity index (χ1n) is 3.97. The molecule has 15 heavy (non-hydrogen) atoms. The van der Waals surface area contributed by atoms with Crippen LogP contribution in [0.4, 0.5) is 0 Å². The number of carbonyl (C=O) groups is 1. The molecule has 2 unspecified atom stereocenters. The van der Waals surface area contributed by atoms with E-state index in [0.717, 1.165) is 0 Å². The molecule has 0 saturated carbocycles. The van der Waals surface area contributed by atoms with Crippen molar-refractivity contribution in [1.82, 2.24) is 0 Å². The monoisotopic (exact) mass is 213 g/mol. The second-order valence-corrected chi connectivity index (χ2v) is 2.90. The lowest BCUT2D eigenvalue weighted by molar-refractivity contribution is -0.141. The van der Waals surface area contributed by atoms with Crippen molar-refractivity contribution in [2.75, 3.05) is 0 Å². The number of carboxylic acids is 1. The van der Waals surface area contributed by atoms with Gasteiger partial charge in [0.1, 0.15) is 17.9 Å². The topological polar surface area (TPSA) is 104 Å². The van der Waals surface area contributed by atoms with Gasteiger partial charge in [-0.1, -0.05) is 19.6 Å². The molecule has 1 aromatic rings. The van der Waals surface area contributed by atoms with Crippen LogP contribution in [0.5, 0.6) is 5.75 Å². The lowest BCUT2D eigenvalue weighted by Gasteiger charge is -2.14. The van der Waals surface area contributed by atoms with Crippen molar-refractivity contribution in [2.45, 2.75) is 19.6 Å². The lowest BCUT2D eigenvalue weighted by atomic mass is 10.0. The van der Waals surface area contributed by atoms with E-state index in [1.807, 2.05) is 0 Å². The molecule has 5 nitrogen and oxygen atoms in total. The number of nitrogens with two attached hydrogens (primary N) is 1. The summed E-state index contributed by atoms with van der Waals surface area (Å²) in [5.41, 5.74) is 5.58. The van der Waals surface area contributed by atoms with Gasteiger partial charge in [0.15, 0.2) is 0 Å². The van der Waals surface area contributed by atoms with Crippen LogP contribution in [0.3, 0.4) is 0 Å². The van der Waals surface area contributed by atoms with Gasteiger partial charge in [-0.3, -0.25) is 4.79 Å². The molecule has 84 valence electrons. The van der Waals surface area contributed by atoms with Crippen molar-refractivity contribution in [3.05, 3.63) is 29.8 Å². The summed E-state index contributed by atoms with van der Waals surface area (Å²) in [5, 5.41) is 27.0. The summed E-state index contributed by atoms with van der Waals surface area (Å²) < 4.78 is 0. The molecular weight excluding hydrogens is 198 g/mol. The fraction of sp³-hybridized carbons (Fsp3) is 0.300. The second-order valence-electron chi connectivity index (χ2n) is 2.90. The van der Waals surface area contributed by atoms with Crippen LogP contribution >= 0.6 is 0 Å². The number of aliphatic carboxylic acids is 1. The standard InChI is InChI=1S/C9H11NO4.CH4/c10-7(9(13)14)8(12)5-1-3-6(11)4-2-5;/h1-4,7-8,11-12H,10H2,(H,13,14);1H4. The first-order chi connectivity index (χ1) is 6.52. The summed E-state index contributed by atoms with van der Waals surface area (Å²) >= 11 is 0. The van der Waals surface area contributed by atoms with E-state index in [0.29, 0.717) is 5.56 Å². The SMILES string of the molecule is C.NC(C(=O)O)C(O)c1ccc(O)cc1. The number of hydrogen-bond donors (Lipinski definition) is 4. The zero-order valence-electron chi connectivity index (χ0n) is 7.29. The number of aromatic hydroxyl groups is 1. The molecule has 0 heterocycles. The summed E-state index contributed by atoms with van der Waals surface area (Å²) in [6.45, 7) is 0. The molecule has 0 aliphatic rings. The van der Waals surface area contributed by atoms with Crippen LogP contribution in [0.15, 0.2) is 24.3 Å². The number of phenolic OH excluding ortho intramolecular Hbond substituents is 1. The van der Waals surface area contributed by atoms with Crippen LogP contribution in [-0.2, 0) is 4.79 Å². The third-order valence-electron chi connectivity index (χ3n) is 1.86. The molecule has 5 N–H and O–H groups in total. The van der Waals surface area contributed by atoms with Crippen molar-refractivity contribution in [3.63, 3.8) is 0 Å². The van der Waals surface area contributed by atoms with Crippen LogP contribution < -0.4 is 5.73 Å². The Bertz CT molecular complexity index is 323. The van der Waals surface area contributed by atoms with Crippen LogP contribution in [0.2, 0.25) is 0 Å². The van der Waals surface area contributed by atoms with Crippen LogP contribution in [0.25, 0.3) is 0 Å². The Morgan fingerprint density at radius 3 is 2.13 bits per heavy atom. The first-order valence-corrected chi connectivity index (χ1v) is 3.97. The number of carboxylic acid groups (broad SMARTS) is 1. The fourth-order valence-electron chi connectivity index (χ4n) is 1.01. The van der Waals surface area contributed by atoms with E-state index in [2.05, 4.69) is 0 Å². The Balaban J connectivity index is 0.00000196. The maximum Gasteiger partial charge on any atom is 0.323 e. The molecule has 0 aromatic heterocycles. The lowest BCUT2D eigenvalue weighted by Crippen LogP contribution is -2.36. The molecule has 0 aliphatic carbocycles. The Morgan fingerprint density at radius 2 is 1.73 bits per heavy atom. The highest BCUT2D eigenvalue weighted by molar-refractivity contribution is 5.74. The predicted molar refractivity (Wildman–Crippen MR) is 55.4 cm³/mol. The molecule has 0 bridgehead atoms. The Hall–Kier alpha value is -1.59. The van der Waals surface area contributed by atoms with Crippen molar-refractivity contribution < 1.29 is 20.1 Å². The highest BCUT2D eigenvalue weighted by Crippen LogP contribution is 2.18. The van der Waals surface area contributed by atoms with Gasteiger partial charge in [-0.2, -0.15) is 0 Å². The molecule has 0 radical (unpaired) electrons. The van der Waals surface area contributed by atoms with E-state index < -0.39 is 18.1 Å². The van der Waals surface area contributed by atoms with Crippen molar-refractivity contribution >= 4 is 5.97 Å². The average Bonchev–Trinajstić information content (AvgIpc) is 2.16. The van der Waals surface area contributed by atoms with Gasteiger partial charge in [-0.05, 0) is 17.7 Å². The number of benzene rings is 1. The average molecular weight is 213 g/mol. The van der Waals surface area contributed by atoms with Crippen LogP contribution in [0.1, 0.15) is 19.1 Å². The largest absolute Gasteiger partial charge is 0.508 e.